The number of anilines is 1. The molecule has 0 aromatic carbocycles. The Bertz CT molecular complexity index is 499. The summed E-state index contributed by atoms with van der Waals surface area (Å²) < 4.78 is 5.13. The van der Waals surface area contributed by atoms with E-state index in [9.17, 15) is 0 Å². The first-order valence-electron chi connectivity index (χ1n) is 5.84. The van der Waals surface area contributed by atoms with Crippen molar-refractivity contribution >= 4 is 17.3 Å². The fourth-order valence-corrected chi connectivity index (χ4v) is 2.42. The van der Waals surface area contributed by atoms with Crippen LogP contribution in [-0.2, 0) is 6.42 Å². The molecule has 0 saturated carbocycles. The van der Waals surface area contributed by atoms with Crippen molar-refractivity contribution in [2.24, 2.45) is 0 Å². The van der Waals surface area contributed by atoms with Gasteiger partial charge in [0.1, 0.15) is 0 Å². The summed E-state index contributed by atoms with van der Waals surface area (Å²) in [4.78, 5) is 8.63. The first-order chi connectivity index (χ1) is 8.67. The van der Waals surface area contributed by atoms with Gasteiger partial charge in [0.2, 0.25) is 11.8 Å². The molecule has 4 nitrogen and oxygen atoms in total. The van der Waals surface area contributed by atoms with Crippen LogP contribution in [-0.4, -0.2) is 23.1 Å². The minimum Gasteiger partial charge on any atom is -0.481 e. The summed E-state index contributed by atoms with van der Waals surface area (Å²) in [6.45, 7) is 4.05. The third kappa shape index (κ3) is 3.43. The molecule has 18 heavy (non-hydrogen) atoms. The molecule has 2 heterocycles. The first kappa shape index (κ1) is 12.8. The molecule has 2 aromatic rings. The predicted octanol–water partition coefficient (Wildman–Crippen LogP) is 2.90. The van der Waals surface area contributed by atoms with E-state index in [1.165, 1.54) is 5.56 Å². The lowest BCUT2D eigenvalue weighted by Gasteiger charge is -2.13. The van der Waals surface area contributed by atoms with E-state index in [2.05, 4.69) is 39.0 Å². The Kier molecular flexibility index (Phi) is 4.15. The zero-order valence-corrected chi connectivity index (χ0v) is 11.6. The highest BCUT2D eigenvalue weighted by molar-refractivity contribution is 7.07. The summed E-state index contributed by atoms with van der Waals surface area (Å²) in [6, 6.07) is 4.24. The summed E-state index contributed by atoms with van der Waals surface area (Å²) in [5.74, 6) is 1.21. The van der Waals surface area contributed by atoms with Gasteiger partial charge in [0.15, 0.2) is 0 Å². The van der Waals surface area contributed by atoms with Gasteiger partial charge in [-0.25, -0.2) is 4.98 Å². The van der Waals surface area contributed by atoms with E-state index in [0.29, 0.717) is 11.8 Å². The van der Waals surface area contributed by atoms with Crippen LogP contribution in [0, 0.1) is 6.92 Å². The SMILES string of the molecule is COc1cc(C)nc(NC(C)Cc2ccsc2)n1. The van der Waals surface area contributed by atoms with Gasteiger partial charge in [0.25, 0.3) is 0 Å². The van der Waals surface area contributed by atoms with Crippen molar-refractivity contribution in [3.63, 3.8) is 0 Å². The van der Waals surface area contributed by atoms with E-state index >= 15 is 0 Å². The monoisotopic (exact) mass is 263 g/mol. The Morgan fingerprint density at radius 3 is 2.94 bits per heavy atom. The van der Waals surface area contributed by atoms with Crippen LogP contribution in [0.5, 0.6) is 5.88 Å². The van der Waals surface area contributed by atoms with Gasteiger partial charge in [-0.2, -0.15) is 16.3 Å². The molecular weight excluding hydrogens is 246 g/mol. The molecule has 0 saturated heterocycles. The highest BCUT2D eigenvalue weighted by Crippen LogP contribution is 2.14. The lowest BCUT2D eigenvalue weighted by molar-refractivity contribution is 0.397. The van der Waals surface area contributed by atoms with Crippen molar-refractivity contribution < 1.29 is 4.74 Å². The number of hydrogen-bond acceptors (Lipinski definition) is 5. The van der Waals surface area contributed by atoms with Gasteiger partial charge in [0, 0.05) is 17.8 Å². The van der Waals surface area contributed by atoms with E-state index in [0.717, 1.165) is 12.1 Å². The smallest absolute Gasteiger partial charge is 0.226 e. The maximum atomic E-state index is 5.13. The number of nitrogens with one attached hydrogen (secondary N) is 1. The molecule has 0 aliphatic carbocycles. The average Bonchev–Trinajstić information content (AvgIpc) is 2.80. The van der Waals surface area contributed by atoms with Crippen molar-refractivity contribution in [1.82, 2.24) is 9.97 Å². The number of methoxy groups -OCH3 is 1. The molecule has 0 aliphatic rings. The van der Waals surface area contributed by atoms with E-state index in [-0.39, 0.29) is 6.04 Å². The molecule has 1 N–H and O–H groups in total. The molecular formula is C13H17N3OS. The summed E-state index contributed by atoms with van der Waals surface area (Å²) in [6.07, 6.45) is 0.961. The lowest BCUT2D eigenvalue weighted by Crippen LogP contribution is -2.19. The number of hydrogen-bond donors (Lipinski definition) is 1. The van der Waals surface area contributed by atoms with Gasteiger partial charge in [-0.3, -0.25) is 0 Å². The van der Waals surface area contributed by atoms with Gasteiger partial charge >= 0.3 is 0 Å². The molecule has 1 atom stereocenters. The number of aromatic nitrogens is 2. The highest BCUT2D eigenvalue weighted by Gasteiger charge is 2.07. The molecule has 2 rings (SSSR count). The van der Waals surface area contributed by atoms with Gasteiger partial charge < -0.3 is 10.1 Å². The first-order valence-corrected chi connectivity index (χ1v) is 6.79. The van der Waals surface area contributed by atoms with Crippen LogP contribution in [0.3, 0.4) is 0 Å². The predicted molar refractivity (Wildman–Crippen MR) is 74.4 cm³/mol. The van der Waals surface area contributed by atoms with Gasteiger partial charge in [-0.15, -0.1) is 0 Å². The molecule has 0 radical (unpaired) electrons. The fraction of sp³-hybridized carbons (Fsp3) is 0.385. The van der Waals surface area contributed by atoms with E-state index in [1.807, 2.05) is 13.0 Å². The minimum atomic E-state index is 0.283. The highest BCUT2D eigenvalue weighted by atomic mass is 32.1. The van der Waals surface area contributed by atoms with E-state index < -0.39 is 0 Å². The Morgan fingerprint density at radius 1 is 1.44 bits per heavy atom. The summed E-state index contributed by atoms with van der Waals surface area (Å²) in [5, 5.41) is 7.55. The number of ether oxygens (including phenoxy) is 1. The Morgan fingerprint density at radius 2 is 2.28 bits per heavy atom. The van der Waals surface area contributed by atoms with Crippen LogP contribution in [0.1, 0.15) is 18.2 Å². The van der Waals surface area contributed by atoms with Crippen molar-refractivity contribution in [3.8, 4) is 5.88 Å². The average molecular weight is 263 g/mol. The second-order valence-corrected chi connectivity index (χ2v) is 5.04. The number of thiophene rings is 1. The third-order valence-corrected chi connectivity index (χ3v) is 3.27. The summed E-state index contributed by atoms with van der Waals surface area (Å²) in [5.41, 5.74) is 2.23. The standard InChI is InChI=1S/C13H17N3OS/c1-9(6-11-4-5-18-8-11)14-13-15-10(2)7-12(16-13)17-3/h4-5,7-9H,6H2,1-3H3,(H,14,15,16). The second kappa shape index (κ2) is 5.82. The van der Waals surface area contributed by atoms with Crippen molar-refractivity contribution in [3.05, 3.63) is 34.2 Å². The normalized spacial score (nSPS) is 12.2. The van der Waals surface area contributed by atoms with Crippen LogP contribution in [0.4, 0.5) is 5.95 Å². The molecule has 0 spiro atoms. The molecule has 2 aromatic heterocycles. The van der Waals surface area contributed by atoms with Crippen molar-refractivity contribution in [2.75, 3.05) is 12.4 Å². The molecule has 0 amide bonds. The van der Waals surface area contributed by atoms with Crippen LogP contribution in [0.25, 0.3) is 0 Å². The zero-order chi connectivity index (χ0) is 13.0. The number of rotatable bonds is 5. The van der Waals surface area contributed by atoms with Crippen LogP contribution >= 0.6 is 11.3 Å². The molecule has 5 heteroatoms. The van der Waals surface area contributed by atoms with E-state index in [4.69, 9.17) is 4.74 Å². The Labute approximate surface area is 111 Å². The lowest BCUT2D eigenvalue weighted by atomic mass is 10.1. The fourth-order valence-electron chi connectivity index (χ4n) is 1.74. The largest absolute Gasteiger partial charge is 0.481 e. The molecule has 96 valence electrons. The molecule has 1 unspecified atom stereocenters. The Balaban J connectivity index is 2.02. The van der Waals surface area contributed by atoms with Gasteiger partial charge in [-0.1, -0.05) is 0 Å². The quantitative estimate of drug-likeness (QED) is 0.901. The van der Waals surface area contributed by atoms with Crippen molar-refractivity contribution in [2.45, 2.75) is 26.3 Å². The third-order valence-electron chi connectivity index (χ3n) is 2.54. The summed E-state index contributed by atoms with van der Waals surface area (Å²) in [7, 11) is 1.61. The van der Waals surface area contributed by atoms with Gasteiger partial charge in [0.05, 0.1) is 7.11 Å². The second-order valence-electron chi connectivity index (χ2n) is 4.26. The maximum absolute atomic E-state index is 5.13. The molecule has 0 bridgehead atoms. The molecule has 0 fully saturated rings. The Hall–Kier alpha value is -1.62. The van der Waals surface area contributed by atoms with Crippen LogP contribution in [0.15, 0.2) is 22.9 Å². The van der Waals surface area contributed by atoms with Crippen LogP contribution < -0.4 is 10.1 Å². The maximum Gasteiger partial charge on any atom is 0.226 e. The minimum absolute atomic E-state index is 0.283. The van der Waals surface area contributed by atoms with E-state index in [1.54, 1.807) is 18.4 Å². The van der Waals surface area contributed by atoms with Gasteiger partial charge in [-0.05, 0) is 42.7 Å². The molecule has 0 aliphatic heterocycles. The zero-order valence-electron chi connectivity index (χ0n) is 10.8. The van der Waals surface area contributed by atoms with Crippen molar-refractivity contribution in [1.29, 1.82) is 0 Å². The van der Waals surface area contributed by atoms with Crippen LogP contribution in [0.2, 0.25) is 0 Å². The number of nitrogens with zero attached hydrogens (tertiary/aromatic N) is 2. The number of aryl methyl sites for hydroxylation is 1. The summed E-state index contributed by atoms with van der Waals surface area (Å²) >= 11 is 1.72. The topological polar surface area (TPSA) is 47.0 Å².